The van der Waals surface area contributed by atoms with Crippen molar-refractivity contribution in [3.05, 3.63) is 33.8 Å². The van der Waals surface area contributed by atoms with Crippen LogP contribution in [0.1, 0.15) is 43.4 Å². The van der Waals surface area contributed by atoms with Crippen LogP contribution in [-0.4, -0.2) is 18.2 Å². The Balaban J connectivity index is 2.93. The van der Waals surface area contributed by atoms with Crippen LogP contribution in [0.4, 0.5) is 0 Å². The third kappa shape index (κ3) is 4.32. The molecule has 2 atom stereocenters. The number of aliphatic hydroxyl groups is 1. The van der Waals surface area contributed by atoms with E-state index in [0.29, 0.717) is 6.42 Å². The van der Waals surface area contributed by atoms with Crippen LogP contribution >= 0.6 is 15.9 Å². The van der Waals surface area contributed by atoms with E-state index in [-0.39, 0.29) is 5.97 Å². The molecule has 0 saturated carbocycles. The summed E-state index contributed by atoms with van der Waals surface area (Å²) in [6.07, 6.45) is 1.71. The third-order valence-corrected chi connectivity index (χ3v) is 4.17. The van der Waals surface area contributed by atoms with Crippen molar-refractivity contribution in [2.75, 3.05) is 7.11 Å². The first-order valence-electron chi connectivity index (χ1n) is 6.53. The summed E-state index contributed by atoms with van der Waals surface area (Å²) in [5.74, 6) is -0.841. The quantitative estimate of drug-likeness (QED) is 0.808. The van der Waals surface area contributed by atoms with Gasteiger partial charge in [-0.15, -0.1) is 0 Å². The first kappa shape index (κ1) is 16.2. The Labute approximate surface area is 123 Å². The SMILES string of the molecule is CCCCC(C(=O)OC)C(O)c1ccc(Br)c(C)c1. The zero-order valence-corrected chi connectivity index (χ0v) is 13.2. The molecule has 0 aliphatic heterocycles. The van der Waals surface area contributed by atoms with E-state index >= 15 is 0 Å². The minimum Gasteiger partial charge on any atom is -0.469 e. The monoisotopic (exact) mass is 328 g/mol. The number of carbonyl (C=O) groups excluding carboxylic acids is 1. The molecule has 1 N–H and O–H groups in total. The van der Waals surface area contributed by atoms with Crippen molar-refractivity contribution in [2.24, 2.45) is 5.92 Å². The number of benzene rings is 1. The van der Waals surface area contributed by atoms with Gasteiger partial charge in [-0.05, 0) is 30.5 Å². The minimum atomic E-state index is -0.814. The second-order valence-corrected chi connectivity index (χ2v) is 5.58. The summed E-state index contributed by atoms with van der Waals surface area (Å²) in [6.45, 7) is 4.02. The molecule has 0 aliphatic carbocycles. The van der Waals surface area contributed by atoms with Crippen LogP contribution in [0.15, 0.2) is 22.7 Å². The van der Waals surface area contributed by atoms with E-state index in [4.69, 9.17) is 4.74 Å². The van der Waals surface area contributed by atoms with Crippen molar-refractivity contribution < 1.29 is 14.6 Å². The van der Waals surface area contributed by atoms with Crippen molar-refractivity contribution in [1.29, 1.82) is 0 Å². The fourth-order valence-electron chi connectivity index (χ4n) is 2.06. The summed E-state index contributed by atoms with van der Waals surface area (Å²) in [5.41, 5.74) is 1.79. The number of unbranched alkanes of at least 4 members (excludes halogenated alkanes) is 1. The first-order chi connectivity index (χ1) is 9.01. The molecule has 19 heavy (non-hydrogen) atoms. The lowest BCUT2D eigenvalue weighted by Gasteiger charge is -2.21. The number of esters is 1. The molecule has 0 spiro atoms. The smallest absolute Gasteiger partial charge is 0.311 e. The molecule has 0 saturated heterocycles. The Hall–Kier alpha value is -0.870. The number of hydrogen-bond donors (Lipinski definition) is 1. The van der Waals surface area contributed by atoms with Gasteiger partial charge in [-0.25, -0.2) is 0 Å². The fraction of sp³-hybridized carbons (Fsp3) is 0.533. The van der Waals surface area contributed by atoms with Gasteiger partial charge in [0.2, 0.25) is 0 Å². The Morgan fingerprint density at radius 2 is 2.16 bits per heavy atom. The molecule has 0 aromatic heterocycles. The molecule has 0 amide bonds. The molecule has 2 unspecified atom stereocenters. The van der Waals surface area contributed by atoms with Gasteiger partial charge < -0.3 is 9.84 Å². The molecule has 106 valence electrons. The van der Waals surface area contributed by atoms with Crippen molar-refractivity contribution in [1.82, 2.24) is 0 Å². The summed E-state index contributed by atoms with van der Waals surface area (Å²) in [7, 11) is 1.36. The Morgan fingerprint density at radius 3 is 2.68 bits per heavy atom. The van der Waals surface area contributed by atoms with E-state index in [2.05, 4.69) is 22.9 Å². The van der Waals surface area contributed by atoms with Crippen LogP contribution in [0.3, 0.4) is 0 Å². The molecule has 0 fully saturated rings. The molecule has 4 heteroatoms. The second kappa shape index (κ2) is 7.65. The molecular weight excluding hydrogens is 308 g/mol. The van der Waals surface area contributed by atoms with Crippen molar-refractivity contribution in [2.45, 2.75) is 39.2 Å². The maximum Gasteiger partial charge on any atom is 0.311 e. The first-order valence-corrected chi connectivity index (χ1v) is 7.32. The summed E-state index contributed by atoms with van der Waals surface area (Å²) >= 11 is 3.43. The topological polar surface area (TPSA) is 46.5 Å². The van der Waals surface area contributed by atoms with Crippen LogP contribution in [0.25, 0.3) is 0 Å². The highest BCUT2D eigenvalue weighted by atomic mass is 79.9. The highest BCUT2D eigenvalue weighted by Gasteiger charge is 2.28. The molecule has 0 aliphatic rings. The maximum absolute atomic E-state index is 11.8. The summed E-state index contributed by atoms with van der Waals surface area (Å²) in [5, 5.41) is 10.4. The van der Waals surface area contributed by atoms with E-state index in [1.165, 1.54) is 7.11 Å². The number of rotatable bonds is 6. The number of carbonyl (C=O) groups is 1. The molecule has 0 radical (unpaired) electrons. The Morgan fingerprint density at radius 1 is 1.47 bits per heavy atom. The van der Waals surface area contributed by atoms with E-state index in [1.807, 2.05) is 25.1 Å². The standard InChI is InChI=1S/C15H21BrO3/c1-4-5-6-12(15(18)19-3)14(17)11-7-8-13(16)10(2)9-11/h7-9,12,14,17H,4-6H2,1-3H3. The van der Waals surface area contributed by atoms with Crippen LogP contribution < -0.4 is 0 Å². The van der Waals surface area contributed by atoms with Crippen molar-refractivity contribution in [3.63, 3.8) is 0 Å². The van der Waals surface area contributed by atoms with Gasteiger partial charge in [-0.1, -0.05) is 47.8 Å². The van der Waals surface area contributed by atoms with Crippen molar-refractivity contribution >= 4 is 21.9 Å². The van der Waals surface area contributed by atoms with E-state index in [1.54, 1.807) is 0 Å². The second-order valence-electron chi connectivity index (χ2n) is 4.73. The van der Waals surface area contributed by atoms with Gasteiger partial charge in [-0.3, -0.25) is 4.79 Å². The molecular formula is C15H21BrO3. The lowest BCUT2D eigenvalue weighted by atomic mass is 9.90. The van der Waals surface area contributed by atoms with E-state index in [0.717, 1.165) is 28.4 Å². The van der Waals surface area contributed by atoms with E-state index in [9.17, 15) is 9.90 Å². The van der Waals surface area contributed by atoms with Gasteiger partial charge in [0.15, 0.2) is 0 Å². The molecule has 3 nitrogen and oxygen atoms in total. The van der Waals surface area contributed by atoms with Gasteiger partial charge >= 0.3 is 5.97 Å². The normalized spacial score (nSPS) is 13.9. The number of aryl methyl sites for hydroxylation is 1. The molecule has 1 aromatic rings. The van der Waals surface area contributed by atoms with Crippen LogP contribution in [0, 0.1) is 12.8 Å². The van der Waals surface area contributed by atoms with Gasteiger partial charge in [0.05, 0.1) is 19.1 Å². The minimum absolute atomic E-state index is 0.346. The highest BCUT2D eigenvalue weighted by Crippen LogP contribution is 2.29. The van der Waals surface area contributed by atoms with E-state index < -0.39 is 12.0 Å². The number of aliphatic hydroxyl groups excluding tert-OH is 1. The predicted molar refractivity (Wildman–Crippen MR) is 78.9 cm³/mol. The van der Waals surface area contributed by atoms with Gasteiger partial charge in [0.25, 0.3) is 0 Å². The maximum atomic E-state index is 11.8. The third-order valence-electron chi connectivity index (χ3n) is 3.28. The van der Waals surface area contributed by atoms with Gasteiger partial charge in [-0.2, -0.15) is 0 Å². The van der Waals surface area contributed by atoms with Gasteiger partial charge in [0.1, 0.15) is 0 Å². The summed E-state index contributed by atoms with van der Waals surface area (Å²) in [4.78, 5) is 11.8. The number of halogens is 1. The number of ether oxygens (including phenoxy) is 1. The fourth-order valence-corrected chi connectivity index (χ4v) is 2.31. The van der Waals surface area contributed by atoms with Crippen molar-refractivity contribution in [3.8, 4) is 0 Å². The molecule has 0 heterocycles. The molecule has 1 aromatic carbocycles. The average molecular weight is 329 g/mol. The van der Waals surface area contributed by atoms with Crippen LogP contribution in [0.5, 0.6) is 0 Å². The number of hydrogen-bond acceptors (Lipinski definition) is 3. The predicted octanol–water partition coefficient (Wildman–Crippen LogP) is 3.77. The zero-order chi connectivity index (χ0) is 14.4. The summed E-state index contributed by atoms with van der Waals surface area (Å²) in [6, 6.07) is 5.63. The average Bonchev–Trinajstić information content (AvgIpc) is 2.41. The van der Waals surface area contributed by atoms with Crippen LogP contribution in [-0.2, 0) is 9.53 Å². The number of methoxy groups -OCH3 is 1. The Bertz CT molecular complexity index is 431. The zero-order valence-electron chi connectivity index (χ0n) is 11.6. The van der Waals surface area contributed by atoms with Crippen LogP contribution in [0.2, 0.25) is 0 Å². The molecule has 1 rings (SSSR count). The Kier molecular flexibility index (Phi) is 6.52. The largest absolute Gasteiger partial charge is 0.469 e. The molecule has 0 bridgehead atoms. The summed E-state index contributed by atoms with van der Waals surface area (Å²) < 4.78 is 5.79. The van der Waals surface area contributed by atoms with Gasteiger partial charge in [0, 0.05) is 4.47 Å². The lowest BCUT2D eigenvalue weighted by molar-refractivity contribution is -0.150. The highest BCUT2D eigenvalue weighted by molar-refractivity contribution is 9.10. The lowest BCUT2D eigenvalue weighted by Crippen LogP contribution is -2.23.